The molecule has 0 atom stereocenters. The summed E-state index contributed by atoms with van der Waals surface area (Å²) in [5.41, 5.74) is 2.46. The van der Waals surface area contributed by atoms with E-state index in [4.69, 9.17) is 0 Å². The summed E-state index contributed by atoms with van der Waals surface area (Å²) in [5, 5.41) is 3.35. The average molecular weight is 284 g/mol. The van der Waals surface area contributed by atoms with Crippen LogP contribution < -0.4 is 10.2 Å². The minimum Gasteiger partial charge on any atom is -0.370 e. The molecule has 0 saturated carbocycles. The largest absolute Gasteiger partial charge is 0.370 e. The zero-order chi connectivity index (χ0) is 15.1. The van der Waals surface area contributed by atoms with Gasteiger partial charge in [-0.3, -0.25) is 0 Å². The van der Waals surface area contributed by atoms with Gasteiger partial charge in [0.15, 0.2) is 0 Å². The van der Waals surface area contributed by atoms with Crippen LogP contribution in [0.1, 0.15) is 24.5 Å². The number of hydrogen-bond acceptors (Lipinski definition) is 4. The molecule has 1 heterocycles. The Hall–Kier alpha value is -2.10. The summed E-state index contributed by atoms with van der Waals surface area (Å²) < 4.78 is 0. The van der Waals surface area contributed by atoms with Gasteiger partial charge in [-0.1, -0.05) is 37.3 Å². The molecule has 0 radical (unpaired) electrons. The van der Waals surface area contributed by atoms with E-state index < -0.39 is 0 Å². The highest BCUT2D eigenvalue weighted by Gasteiger charge is 2.10. The summed E-state index contributed by atoms with van der Waals surface area (Å²) in [7, 11) is 2.09. The number of likely N-dealkylation sites (N-methyl/N-ethyl adjacent to an activating group) is 1. The molecule has 0 unspecified atom stereocenters. The van der Waals surface area contributed by atoms with E-state index >= 15 is 0 Å². The van der Waals surface area contributed by atoms with Gasteiger partial charge < -0.3 is 10.2 Å². The van der Waals surface area contributed by atoms with Crippen LogP contribution in [-0.4, -0.2) is 30.1 Å². The van der Waals surface area contributed by atoms with Gasteiger partial charge in [-0.25, -0.2) is 9.97 Å². The van der Waals surface area contributed by atoms with Crippen molar-refractivity contribution in [2.75, 3.05) is 30.4 Å². The van der Waals surface area contributed by atoms with E-state index in [1.807, 2.05) is 6.07 Å². The van der Waals surface area contributed by atoms with Gasteiger partial charge in [-0.05, 0) is 25.3 Å². The molecular weight excluding hydrogens is 260 g/mol. The van der Waals surface area contributed by atoms with Crippen molar-refractivity contribution in [3.63, 3.8) is 0 Å². The summed E-state index contributed by atoms with van der Waals surface area (Å²) in [6.07, 6.45) is 3.74. The first-order valence-corrected chi connectivity index (χ1v) is 7.53. The van der Waals surface area contributed by atoms with Crippen molar-refractivity contribution in [3.8, 4) is 0 Å². The molecule has 1 N–H and O–H groups in total. The number of anilines is 2. The second-order valence-corrected chi connectivity index (χ2v) is 5.25. The predicted molar refractivity (Wildman–Crippen MR) is 89.0 cm³/mol. The Labute approximate surface area is 127 Å². The summed E-state index contributed by atoms with van der Waals surface area (Å²) >= 11 is 0. The van der Waals surface area contributed by atoms with Crippen LogP contribution in [0.15, 0.2) is 36.7 Å². The van der Waals surface area contributed by atoms with Crippen LogP contribution in [0.2, 0.25) is 0 Å². The quantitative estimate of drug-likeness (QED) is 0.847. The van der Waals surface area contributed by atoms with Crippen molar-refractivity contribution >= 4 is 11.6 Å². The monoisotopic (exact) mass is 284 g/mol. The Bertz CT molecular complexity index is 554. The molecule has 4 heteroatoms. The van der Waals surface area contributed by atoms with Crippen molar-refractivity contribution in [1.29, 1.82) is 0 Å². The van der Waals surface area contributed by atoms with Gasteiger partial charge >= 0.3 is 0 Å². The lowest BCUT2D eigenvalue weighted by Gasteiger charge is -2.21. The third-order valence-electron chi connectivity index (χ3n) is 3.54. The lowest BCUT2D eigenvalue weighted by Crippen LogP contribution is -2.23. The SMILES string of the molecule is CCCNc1ncnc(N(C)CCc2ccccc2)c1C. The molecule has 21 heavy (non-hydrogen) atoms. The second-order valence-electron chi connectivity index (χ2n) is 5.25. The number of nitrogens with one attached hydrogen (secondary N) is 1. The normalized spacial score (nSPS) is 10.4. The third kappa shape index (κ3) is 4.18. The van der Waals surface area contributed by atoms with Crippen LogP contribution in [0, 0.1) is 6.92 Å². The Balaban J connectivity index is 2.03. The first-order chi connectivity index (χ1) is 10.2. The van der Waals surface area contributed by atoms with E-state index in [1.165, 1.54) is 5.56 Å². The zero-order valence-corrected chi connectivity index (χ0v) is 13.1. The molecule has 0 saturated heterocycles. The van der Waals surface area contributed by atoms with Crippen LogP contribution in [0.4, 0.5) is 11.6 Å². The van der Waals surface area contributed by atoms with E-state index in [0.29, 0.717) is 0 Å². The summed E-state index contributed by atoms with van der Waals surface area (Å²) in [6.45, 7) is 6.10. The van der Waals surface area contributed by atoms with Crippen LogP contribution >= 0.6 is 0 Å². The van der Waals surface area contributed by atoms with Gasteiger partial charge in [-0.15, -0.1) is 0 Å². The van der Waals surface area contributed by atoms with Crippen molar-refractivity contribution in [2.24, 2.45) is 0 Å². The summed E-state index contributed by atoms with van der Waals surface area (Å²) in [4.78, 5) is 11.0. The van der Waals surface area contributed by atoms with Crippen molar-refractivity contribution < 1.29 is 0 Å². The van der Waals surface area contributed by atoms with Crippen molar-refractivity contribution in [3.05, 3.63) is 47.8 Å². The highest BCUT2D eigenvalue weighted by Crippen LogP contribution is 2.21. The van der Waals surface area contributed by atoms with Gasteiger partial charge in [-0.2, -0.15) is 0 Å². The molecule has 1 aromatic heterocycles. The smallest absolute Gasteiger partial charge is 0.136 e. The second kappa shape index (κ2) is 7.62. The fraction of sp³-hybridized carbons (Fsp3) is 0.412. The number of benzene rings is 1. The predicted octanol–water partition coefficient (Wildman–Crippen LogP) is 3.29. The number of aromatic nitrogens is 2. The van der Waals surface area contributed by atoms with E-state index in [0.717, 1.165) is 43.1 Å². The van der Waals surface area contributed by atoms with Crippen LogP contribution in [0.3, 0.4) is 0 Å². The third-order valence-corrected chi connectivity index (χ3v) is 3.54. The highest BCUT2D eigenvalue weighted by molar-refractivity contribution is 5.57. The van der Waals surface area contributed by atoms with Gasteiger partial charge in [0.1, 0.15) is 18.0 Å². The van der Waals surface area contributed by atoms with Crippen LogP contribution in [0.5, 0.6) is 0 Å². The van der Waals surface area contributed by atoms with Crippen molar-refractivity contribution in [1.82, 2.24) is 9.97 Å². The molecule has 0 bridgehead atoms. The minimum atomic E-state index is 0.936. The highest BCUT2D eigenvalue weighted by atomic mass is 15.2. The Morgan fingerprint density at radius 3 is 2.62 bits per heavy atom. The lowest BCUT2D eigenvalue weighted by atomic mass is 10.1. The van der Waals surface area contributed by atoms with Crippen molar-refractivity contribution in [2.45, 2.75) is 26.7 Å². The molecule has 2 rings (SSSR count). The maximum atomic E-state index is 4.43. The average Bonchev–Trinajstić information content (AvgIpc) is 2.52. The minimum absolute atomic E-state index is 0.936. The van der Waals surface area contributed by atoms with Gasteiger partial charge in [0.05, 0.1) is 0 Å². The summed E-state index contributed by atoms with van der Waals surface area (Å²) in [5.74, 6) is 1.94. The topological polar surface area (TPSA) is 41.1 Å². The molecule has 4 nitrogen and oxygen atoms in total. The van der Waals surface area contributed by atoms with E-state index in [2.05, 4.69) is 65.3 Å². The van der Waals surface area contributed by atoms with Crippen LogP contribution in [-0.2, 0) is 6.42 Å². The van der Waals surface area contributed by atoms with Gasteiger partial charge in [0.2, 0.25) is 0 Å². The van der Waals surface area contributed by atoms with E-state index in [9.17, 15) is 0 Å². The summed E-state index contributed by atoms with van der Waals surface area (Å²) in [6, 6.07) is 10.5. The van der Waals surface area contributed by atoms with Gasteiger partial charge in [0, 0.05) is 25.7 Å². The Kier molecular flexibility index (Phi) is 5.55. The number of nitrogens with zero attached hydrogens (tertiary/aromatic N) is 3. The molecular formula is C17H24N4. The molecule has 1 aromatic carbocycles. The van der Waals surface area contributed by atoms with E-state index in [-0.39, 0.29) is 0 Å². The lowest BCUT2D eigenvalue weighted by molar-refractivity contribution is 0.848. The maximum absolute atomic E-state index is 4.43. The fourth-order valence-corrected chi connectivity index (χ4v) is 2.29. The molecule has 0 aliphatic heterocycles. The Morgan fingerprint density at radius 2 is 1.90 bits per heavy atom. The molecule has 2 aromatic rings. The maximum Gasteiger partial charge on any atom is 0.136 e. The fourth-order valence-electron chi connectivity index (χ4n) is 2.29. The molecule has 0 spiro atoms. The standard InChI is InChI=1S/C17H24N4/c1-4-11-18-16-14(2)17(20-13-19-16)21(3)12-10-15-8-6-5-7-9-15/h5-9,13H,4,10-12H2,1-3H3,(H,18,19,20). The van der Waals surface area contributed by atoms with Crippen LogP contribution in [0.25, 0.3) is 0 Å². The zero-order valence-electron chi connectivity index (χ0n) is 13.1. The molecule has 112 valence electrons. The number of hydrogen-bond donors (Lipinski definition) is 1. The molecule has 0 fully saturated rings. The first-order valence-electron chi connectivity index (χ1n) is 7.53. The Morgan fingerprint density at radius 1 is 1.14 bits per heavy atom. The van der Waals surface area contributed by atoms with E-state index in [1.54, 1.807) is 6.33 Å². The number of rotatable bonds is 7. The van der Waals surface area contributed by atoms with Gasteiger partial charge in [0.25, 0.3) is 0 Å². The first kappa shape index (κ1) is 15.3. The molecule has 0 aliphatic carbocycles. The molecule has 0 amide bonds. The molecule has 0 aliphatic rings.